The van der Waals surface area contributed by atoms with E-state index in [9.17, 15) is 4.39 Å². The van der Waals surface area contributed by atoms with Crippen molar-refractivity contribution >= 4 is 29.2 Å². The van der Waals surface area contributed by atoms with E-state index in [1.807, 2.05) is 24.3 Å². The highest BCUT2D eigenvalue weighted by Crippen LogP contribution is 2.30. The van der Waals surface area contributed by atoms with Crippen molar-refractivity contribution in [2.45, 2.75) is 6.54 Å². The zero-order chi connectivity index (χ0) is 20.2. The van der Waals surface area contributed by atoms with Crippen LogP contribution < -0.4 is 10.1 Å². The van der Waals surface area contributed by atoms with E-state index in [1.165, 1.54) is 16.8 Å². The summed E-state index contributed by atoms with van der Waals surface area (Å²) in [6, 6.07) is 18.5. The fourth-order valence-corrected chi connectivity index (χ4v) is 3.04. The van der Waals surface area contributed by atoms with E-state index in [1.54, 1.807) is 30.3 Å². The van der Waals surface area contributed by atoms with Crippen LogP contribution in [-0.2, 0) is 6.54 Å². The van der Waals surface area contributed by atoms with Crippen LogP contribution in [0.2, 0.25) is 10.0 Å². The topological polar surface area (TPSA) is 64.9 Å². The molecule has 0 saturated carbocycles. The molecule has 0 radical (unpaired) electrons. The number of ether oxygens (including phenoxy) is 1. The summed E-state index contributed by atoms with van der Waals surface area (Å²) in [5.41, 5.74) is 1.42. The molecule has 0 unspecified atom stereocenters. The van der Waals surface area contributed by atoms with E-state index in [0.717, 1.165) is 5.56 Å². The van der Waals surface area contributed by atoms with Gasteiger partial charge in [-0.1, -0.05) is 52.6 Å². The van der Waals surface area contributed by atoms with E-state index in [0.29, 0.717) is 39.7 Å². The van der Waals surface area contributed by atoms with Crippen LogP contribution in [0.25, 0.3) is 5.69 Å². The summed E-state index contributed by atoms with van der Waals surface area (Å²) in [4.78, 5) is 0. The molecule has 3 aromatic carbocycles. The van der Waals surface area contributed by atoms with Crippen molar-refractivity contribution in [3.8, 4) is 17.2 Å². The molecule has 1 aromatic heterocycles. The minimum absolute atomic E-state index is 0.321. The molecule has 0 saturated heterocycles. The van der Waals surface area contributed by atoms with Gasteiger partial charge in [-0.25, -0.2) is 4.39 Å². The zero-order valence-corrected chi connectivity index (χ0v) is 16.4. The molecular weight excluding hydrogens is 416 g/mol. The number of nitrogens with one attached hydrogen (secondary N) is 1. The Balaban J connectivity index is 1.54. The third-order valence-electron chi connectivity index (χ3n) is 4.08. The quantitative estimate of drug-likeness (QED) is 0.437. The van der Waals surface area contributed by atoms with Crippen LogP contribution in [0.3, 0.4) is 0 Å². The van der Waals surface area contributed by atoms with Crippen LogP contribution in [0, 0.1) is 5.82 Å². The first-order valence-electron chi connectivity index (χ1n) is 8.60. The van der Waals surface area contributed by atoms with Crippen molar-refractivity contribution in [2.75, 3.05) is 5.32 Å². The van der Waals surface area contributed by atoms with Crippen LogP contribution in [0.4, 0.5) is 10.3 Å². The van der Waals surface area contributed by atoms with Gasteiger partial charge in [0.2, 0.25) is 5.95 Å². The third kappa shape index (κ3) is 4.31. The maximum Gasteiger partial charge on any atom is 0.248 e. The first-order chi connectivity index (χ1) is 14.1. The molecule has 0 bridgehead atoms. The van der Waals surface area contributed by atoms with E-state index >= 15 is 0 Å². The fourth-order valence-electron chi connectivity index (χ4n) is 2.67. The van der Waals surface area contributed by atoms with Crippen molar-refractivity contribution in [1.29, 1.82) is 0 Å². The highest BCUT2D eigenvalue weighted by Gasteiger charge is 2.14. The Morgan fingerprint density at radius 2 is 1.76 bits per heavy atom. The SMILES string of the molecule is Fc1ccc(Oc2ccccc2CNc2nnnn2-c2cccc(Cl)c2Cl)cc1. The lowest BCUT2D eigenvalue weighted by molar-refractivity contribution is 0.475. The largest absolute Gasteiger partial charge is 0.457 e. The molecule has 9 heteroatoms. The molecule has 0 aliphatic rings. The summed E-state index contributed by atoms with van der Waals surface area (Å²) >= 11 is 12.4. The maximum absolute atomic E-state index is 13.1. The summed E-state index contributed by atoms with van der Waals surface area (Å²) in [6.07, 6.45) is 0. The summed E-state index contributed by atoms with van der Waals surface area (Å²) in [7, 11) is 0. The number of benzene rings is 3. The molecule has 0 atom stereocenters. The van der Waals surface area contributed by atoms with Crippen molar-refractivity contribution in [2.24, 2.45) is 0 Å². The van der Waals surface area contributed by atoms with E-state index in [4.69, 9.17) is 27.9 Å². The van der Waals surface area contributed by atoms with Crippen LogP contribution in [-0.4, -0.2) is 20.2 Å². The number of hydrogen-bond donors (Lipinski definition) is 1. The highest BCUT2D eigenvalue weighted by molar-refractivity contribution is 6.43. The Labute approximate surface area is 175 Å². The number of tetrazole rings is 1. The van der Waals surface area contributed by atoms with E-state index in [-0.39, 0.29) is 5.82 Å². The van der Waals surface area contributed by atoms with Gasteiger partial charge in [-0.15, -0.1) is 0 Å². The van der Waals surface area contributed by atoms with E-state index < -0.39 is 0 Å². The van der Waals surface area contributed by atoms with Crippen LogP contribution in [0.15, 0.2) is 66.7 Å². The molecule has 0 spiro atoms. The first-order valence-corrected chi connectivity index (χ1v) is 9.35. The molecule has 146 valence electrons. The Bertz CT molecular complexity index is 1130. The van der Waals surface area contributed by atoms with Gasteiger partial charge in [0.05, 0.1) is 15.7 Å². The molecule has 0 amide bonds. The standard InChI is InChI=1S/C20H14Cl2FN5O/c21-16-5-3-6-17(19(16)22)28-20(25-26-27-28)24-12-13-4-1-2-7-18(13)29-15-10-8-14(23)9-11-15/h1-11H,12H2,(H,24,25,27). The molecule has 0 fully saturated rings. The van der Waals surface area contributed by atoms with Gasteiger partial charge in [0, 0.05) is 12.1 Å². The second-order valence-corrected chi connectivity index (χ2v) is 6.79. The predicted molar refractivity (Wildman–Crippen MR) is 109 cm³/mol. The predicted octanol–water partition coefficient (Wildman–Crippen LogP) is 5.51. The smallest absolute Gasteiger partial charge is 0.248 e. The zero-order valence-electron chi connectivity index (χ0n) is 14.9. The summed E-state index contributed by atoms with van der Waals surface area (Å²) in [5.74, 6) is 1.24. The lowest BCUT2D eigenvalue weighted by atomic mass is 10.2. The van der Waals surface area contributed by atoms with Gasteiger partial charge in [-0.2, -0.15) is 4.68 Å². The van der Waals surface area contributed by atoms with Gasteiger partial charge < -0.3 is 10.1 Å². The molecule has 6 nitrogen and oxygen atoms in total. The molecule has 0 aliphatic heterocycles. The molecule has 1 N–H and O–H groups in total. The number of rotatable bonds is 6. The van der Waals surface area contributed by atoms with Gasteiger partial charge in [0.25, 0.3) is 0 Å². The minimum atomic E-state index is -0.321. The van der Waals surface area contributed by atoms with Gasteiger partial charge in [0.1, 0.15) is 17.3 Å². The molecule has 0 aliphatic carbocycles. The Kier molecular flexibility index (Phi) is 5.59. The fraction of sp³-hybridized carbons (Fsp3) is 0.0500. The Morgan fingerprint density at radius 3 is 2.59 bits per heavy atom. The molecular formula is C20H14Cl2FN5O. The van der Waals surface area contributed by atoms with Crippen molar-refractivity contribution < 1.29 is 9.13 Å². The summed E-state index contributed by atoms with van der Waals surface area (Å²) < 4.78 is 20.5. The second kappa shape index (κ2) is 8.46. The molecule has 29 heavy (non-hydrogen) atoms. The molecule has 1 heterocycles. The monoisotopic (exact) mass is 429 g/mol. The summed E-state index contributed by atoms with van der Waals surface area (Å²) in [5, 5.41) is 15.6. The first kappa shape index (κ1) is 19.2. The van der Waals surface area contributed by atoms with Gasteiger partial charge >= 0.3 is 0 Å². The van der Waals surface area contributed by atoms with Gasteiger partial charge in [0.15, 0.2) is 0 Å². The maximum atomic E-state index is 13.1. The van der Waals surface area contributed by atoms with Crippen LogP contribution in [0.1, 0.15) is 5.56 Å². The number of anilines is 1. The number of nitrogens with zero attached hydrogens (tertiary/aromatic N) is 4. The lowest BCUT2D eigenvalue weighted by Gasteiger charge is -2.13. The number of hydrogen-bond acceptors (Lipinski definition) is 5. The van der Waals surface area contributed by atoms with E-state index in [2.05, 4.69) is 20.8 Å². The second-order valence-electron chi connectivity index (χ2n) is 6.00. The lowest BCUT2D eigenvalue weighted by Crippen LogP contribution is -2.08. The number of halogens is 3. The highest BCUT2D eigenvalue weighted by atomic mass is 35.5. The normalized spacial score (nSPS) is 10.7. The third-order valence-corrected chi connectivity index (χ3v) is 4.89. The average molecular weight is 430 g/mol. The van der Waals surface area contributed by atoms with Crippen LogP contribution >= 0.6 is 23.2 Å². The number of aromatic nitrogens is 4. The Morgan fingerprint density at radius 1 is 0.966 bits per heavy atom. The average Bonchev–Trinajstić information content (AvgIpc) is 3.19. The van der Waals surface area contributed by atoms with Crippen LogP contribution in [0.5, 0.6) is 11.5 Å². The van der Waals surface area contributed by atoms with Crippen molar-refractivity contribution in [3.05, 3.63) is 88.2 Å². The van der Waals surface area contributed by atoms with Crippen molar-refractivity contribution in [3.63, 3.8) is 0 Å². The van der Waals surface area contributed by atoms with Gasteiger partial charge in [-0.3, -0.25) is 0 Å². The van der Waals surface area contributed by atoms with Crippen molar-refractivity contribution in [1.82, 2.24) is 20.2 Å². The molecule has 4 aromatic rings. The minimum Gasteiger partial charge on any atom is -0.457 e. The molecule has 4 rings (SSSR count). The number of para-hydroxylation sites is 1. The summed E-state index contributed by atoms with van der Waals surface area (Å²) in [6.45, 7) is 0.385. The van der Waals surface area contributed by atoms with Gasteiger partial charge in [-0.05, 0) is 52.9 Å². The Hall–Kier alpha value is -3.16.